The molecule has 82 valence electrons. The van der Waals surface area contributed by atoms with E-state index in [-0.39, 0.29) is 11.9 Å². The van der Waals surface area contributed by atoms with Crippen molar-refractivity contribution in [3.05, 3.63) is 22.4 Å². The third-order valence-corrected chi connectivity index (χ3v) is 3.54. The first-order valence-corrected chi connectivity index (χ1v) is 6.20. The summed E-state index contributed by atoms with van der Waals surface area (Å²) >= 11 is 1.71. The summed E-state index contributed by atoms with van der Waals surface area (Å²) in [6, 6.07) is 4.83. The molecule has 0 unspecified atom stereocenters. The highest BCUT2D eigenvalue weighted by Gasteiger charge is 2.23. The molecule has 1 aromatic rings. The molecule has 2 rings (SSSR count). The average molecular weight is 224 g/mol. The van der Waals surface area contributed by atoms with Crippen LogP contribution in [0, 0.1) is 0 Å². The van der Waals surface area contributed by atoms with Crippen LogP contribution in [0.2, 0.25) is 0 Å². The van der Waals surface area contributed by atoms with Gasteiger partial charge in [0.15, 0.2) is 0 Å². The standard InChI is InChI=1S/C11H16N2OS/c1-8(10-3-2-6-15-10)12-7-11(14)13-9-4-5-9/h2-3,6,8-9,12H,4-5,7H2,1H3,(H,13,14)/t8-/m1/s1. The summed E-state index contributed by atoms with van der Waals surface area (Å²) in [4.78, 5) is 12.7. The molecule has 1 aromatic heterocycles. The van der Waals surface area contributed by atoms with Gasteiger partial charge in [-0.25, -0.2) is 0 Å². The van der Waals surface area contributed by atoms with Gasteiger partial charge >= 0.3 is 0 Å². The van der Waals surface area contributed by atoms with Gasteiger partial charge in [-0.2, -0.15) is 0 Å². The van der Waals surface area contributed by atoms with Gasteiger partial charge in [0.05, 0.1) is 6.54 Å². The summed E-state index contributed by atoms with van der Waals surface area (Å²) in [5.74, 6) is 0.112. The van der Waals surface area contributed by atoms with E-state index in [2.05, 4.69) is 29.0 Å². The van der Waals surface area contributed by atoms with Crippen LogP contribution >= 0.6 is 11.3 Å². The van der Waals surface area contributed by atoms with E-state index in [4.69, 9.17) is 0 Å². The molecule has 1 aliphatic rings. The van der Waals surface area contributed by atoms with Crippen molar-refractivity contribution in [2.24, 2.45) is 0 Å². The minimum atomic E-state index is 0.112. The number of nitrogens with one attached hydrogen (secondary N) is 2. The Morgan fingerprint density at radius 1 is 1.67 bits per heavy atom. The van der Waals surface area contributed by atoms with E-state index in [1.54, 1.807) is 11.3 Å². The van der Waals surface area contributed by atoms with Gasteiger partial charge in [0.2, 0.25) is 5.91 Å². The first-order chi connectivity index (χ1) is 7.25. The van der Waals surface area contributed by atoms with E-state index in [0.717, 1.165) is 12.8 Å². The number of hydrogen-bond acceptors (Lipinski definition) is 3. The van der Waals surface area contributed by atoms with Crippen molar-refractivity contribution in [2.45, 2.75) is 31.8 Å². The number of carbonyl (C=O) groups is 1. The Kier molecular flexibility index (Phi) is 3.38. The van der Waals surface area contributed by atoms with Gasteiger partial charge in [-0.1, -0.05) is 6.07 Å². The van der Waals surface area contributed by atoms with Crippen molar-refractivity contribution in [1.82, 2.24) is 10.6 Å². The molecule has 1 saturated carbocycles. The minimum absolute atomic E-state index is 0.112. The zero-order valence-corrected chi connectivity index (χ0v) is 9.64. The molecular formula is C11H16N2OS. The second-order valence-corrected chi connectivity index (χ2v) is 4.94. The normalized spacial score (nSPS) is 17.4. The molecule has 0 radical (unpaired) electrons. The highest BCUT2D eigenvalue weighted by Crippen LogP contribution is 2.19. The molecule has 0 spiro atoms. The van der Waals surface area contributed by atoms with Crippen molar-refractivity contribution >= 4 is 17.2 Å². The predicted molar refractivity (Wildman–Crippen MR) is 61.9 cm³/mol. The van der Waals surface area contributed by atoms with Gasteiger partial charge in [-0.3, -0.25) is 4.79 Å². The second kappa shape index (κ2) is 4.77. The lowest BCUT2D eigenvalue weighted by Crippen LogP contribution is -2.35. The Balaban J connectivity index is 1.70. The Hall–Kier alpha value is -0.870. The number of amides is 1. The topological polar surface area (TPSA) is 41.1 Å². The Labute approximate surface area is 93.9 Å². The lowest BCUT2D eigenvalue weighted by molar-refractivity contribution is -0.120. The van der Waals surface area contributed by atoms with E-state index < -0.39 is 0 Å². The summed E-state index contributed by atoms with van der Waals surface area (Å²) < 4.78 is 0. The molecule has 3 nitrogen and oxygen atoms in total. The smallest absolute Gasteiger partial charge is 0.234 e. The van der Waals surface area contributed by atoms with E-state index >= 15 is 0 Å². The van der Waals surface area contributed by atoms with Gasteiger partial charge in [-0.05, 0) is 31.2 Å². The van der Waals surface area contributed by atoms with E-state index in [0.29, 0.717) is 12.6 Å². The molecule has 2 N–H and O–H groups in total. The van der Waals surface area contributed by atoms with Gasteiger partial charge in [0, 0.05) is 17.0 Å². The number of hydrogen-bond donors (Lipinski definition) is 2. The fraction of sp³-hybridized carbons (Fsp3) is 0.545. The summed E-state index contributed by atoms with van der Waals surface area (Å²) in [5, 5.41) is 8.23. The summed E-state index contributed by atoms with van der Waals surface area (Å²) in [6.07, 6.45) is 2.29. The van der Waals surface area contributed by atoms with Crippen LogP contribution in [0.1, 0.15) is 30.7 Å². The van der Waals surface area contributed by atoms with Gasteiger partial charge < -0.3 is 10.6 Å². The maximum absolute atomic E-state index is 11.4. The molecule has 0 aliphatic heterocycles. The maximum Gasteiger partial charge on any atom is 0.234 e. The van der Waals surface area contributed by atoms with Crippen LogP contribution in [0.3, 0.4) is 0 Å². The maximum atomic E-state index is 11.4. The van der Waals surface area contributed by atoms with E-state index in [1.165, 1.54) is 4.88 Å². The number of carbonyl (C=O) groups excluding carboxylic acids is 1. The SMILES string of the molecule is C[C@@H](NCC(=O)NC1CC1)c1cccs1. The number of thiophene rings is 1. The van der Waals surface area contributed by atoms with Crippen LogP contribution in [0.25, 0.3) is 0 Å². The molecule has 1 aliphatic carbocycles. The largest absolute Gasteiger partial charge is 0.352 e. The van der Waals surface area contributed by atoms with Crippen molar-refractivity contribution < 1.29 is 4.79 Å². The number of rotatable bonds is 5. The van der Waals surface area contributed by atoms with Gasteiger partial charge in [0.1, 0.15) is 0 Å². The fourth-order valence-electron chi connectivity index (χ4n) is 1.39. The molecule has 0 bridgehead atoms. The molecule has 1 fully saturated rings. The van der Waals surface area contributed by atoms with E-state index in [9.17, 15) is 4.79 Å². The highest BCUT2D eigenvalue weighted by molar-refractivity contribution is 7.10. The van der Waals surface area contributed by atoms with Gasteiger partial charge in [0.25, 0.3) is 0 Å². The predicted octanol–water partition coefficient (Wildman–Crippen LogP) is 1.68. The quantitative estimate of drug-likeness (QED) is 0.799. The second-order valence-electron chi connectivity index (χ2n) is 3.96. The molecule has 0 aromatic carbocycles. The van der Waals surface area contributed by atoms with Crippen LogP contribution in [-0.2, 0) is 4.79 Å². The van der Waals surface area contributed by atoms with Crippen LogP contribution in [-0.4, -0.2) is 18.5 Å². The first-order valence-electron chi connectivity index (χ1n) is 5.32. The summed E-state index contributed by atoms with van der Waals surface area (Å²) in [5.41, 5.74) is 0. The Morgan fingerprint density at radius 3 is 3.07 bits per heavy atom. The average Bonchev–Trinajstić information content (AvgIpc) is 2.86. The molecule has 1 heterocycles. The monoisotopic (exact) mass is 224 g/mol. The third-order valence-electron chi connectivity index (χ3n) is 2.48. The Bertz CT molecular complexity index is 319. The zero-order valence-electron chi connectivity index (χ0n) is 8.82. The molecule has 4 heteroatoms. The zero-order chi connectivity index (χ0) is 10.7. The van der Waals surface area contributed by atoms with Crippen molar-refractivity contribution in [3.8, 4) is 0 Å². The molecule has 0 saturated heterocycles. The van der Waals surface area contributed by atoms with Crippen molar-refractivity contribution in [2.75, 3.05) is 6.54 Å². The van der Waals surface area contributed by atoms with Crippen LogP contribution in [0.5, 0.6) is 0 Å². The molecule has 15 heavy (non-hydrogen) atoms. The van der Waals surface area contributed by atoms with Crippen molar-refractivity contribution in [3.63, 3.8) is 0 Å². The lowest BCUT2D eigenvalue weighted by atomic mass is 10.3. The van der Waals surface area contributed by atoms with Crippen molar-refractivity contribution in [1.29, 1.82) is 0 Å². The summed E-state index contributed by atoms with van der Waals surface area (Å²) in [7, 11) is 0. The lowest BCUT2D eigenvalue weighted by Gasteiger charge is -2.11. The first kappa shape index (κ1) is 10.6. The molecule has 1 amide bonds. The Morgan fingerprint density at radius 2 is 2.47 bits per heavy atom. The van der Waals surface area contributed by atoms with Crippen LogP contribution < -0.4 is 10.6 Å². The van der Waals surface area contributed by atoms with Crippen LogP contribution in [0.4, 0.5) is 0 Å². The van der Waals surface area contributed by atoms with E-state index in [1.807, 2.05) is 6.07 Å². The summed E-state index contributed by atoms with van der Waals surface area (Å²) in [6.45, 7) is 2.49. The third kappa shape index (κ3) is 3.32. The minimum Gasteiger partial charge on any atom is -0.352 e. The highest BCUT2D eigenvalue weighted by atomic mass is 32.1. The molecule has 1 atom stereocenters. The fourth-order valence-corrected chi connectivity index (χ4v) is 2.15. The van der Waals surface area contributed by atoms with Gasteiger partial charge in [-0.15, -0.1) is 11.3 Å². The van der Waals surface area contributed by atoms with Crippen LogP contribution in [0.15, 0.2) is 17.5 Å². The molecular weight excluding hydrogens is 208 g/mol.